The van der Waals surface area contributed by atoms with Crippen LogP contribution in [0.15, 0.2) is 59.1 Å². The lowest BCUT2D eigenvalue weighted by atomic mass is 9.94. The minimum Gasteiger partial charge on any atom is -0.490 e. The van der Waals surface area contributed by atoms with Gasteiger partial charge in [0.1, 0.15) is 17.2 Å². The topological polar surface area (TPSA) is 88.7 Å². The van der Waals surface area contributed by atoms with Crippen LogP contribution in [0.3, 0.4) is 0 Å². The molecule has 2 aromatic carbocycles. The van der Waals surface area contributed by atoms with E-state index in [0.717, 1.165) is 62.3 Å². The first-order valence-electron chi connectivity index (χ1n) is 14.2. The molecule has 3 aliphatic rings. The first kappa shape index (κ1) is 26.6. The lowest BCUT2D eigenvalue weighted by Gasteiger charge is -2.40. The van der Waals surface area contributed by atoms with E-state index in [2.05, 4.69) is 15.0 Å². The standard InChI is InChI=1S/C32H28F3N3O4/c33-32(34,35)25-7-2-1-6-22(25)29-23(30(42-37-29)19-9-10-19)12-8-18-16-38(17-18)20-11-13-26-24(14-20)28(41-21-4-3-5-21)15-27(36-26)31(39)40/h1-2,6-8,11-15,18-19,21H,3-5,9-10,16-17H2,(H,39,40). The van der Waals surface area contributed by atoms with Crippen LogP contribution >= 0.6 is 0 Å². The van der Waals surface area contributed by atoms with E-state index in [0.29, 0.717) is 22.6 Å². The van der Waals surface area contributed by atoms with Gasteiger partial charge in [0.05, 0.1) is 17.2 Å². The van der Waals surface area contributed by atoms with Crippen LogP contribution in [0.5, 0.6) is 5.75 Å². The number of rotatable bonds is 8. The fourth-order valence-electron chi connectivity index (χ4n) is 5.57. The van der Waals surface area contributed by atoms with Gasteiger partial charge in [-0.3, -0.25) is 0 Å². The van der Waals surface area contributed by atoms with Crippen LogP contribution in [-0.2, 0) is 6.18 Å². The number of carboxylic acids is 1. The molecule has 1 aliphatic heterocycles. The highest BCUT2D eigenvalue weighted by Gasteiger charge is 2.37. The van der Waals surface area contributed by atoms with Crippen molar-refractivity contribution < 1.29 is 32.3 Å². The Hall–Kier alpha value is -4.34. The summed E-state index contributed by atoms with van der Waals surface area (Å²) >= 11 is 0. The first-order chi connectivity index (χ1) is 20.2. The summed E-state index contributed by atoms with van der Waals surface area (Å²) in [4.78, 5) is 18.1. The molecule has 1 N–H and O–H groups in total. The summed E-state index contributed by atoms with van der Waals surface area (Å²) in [7, 11) is 0. The quantitative estimate of drug-likeness (QED) is 0.232. The molecular formula is C32H28F3N3O4. The Labute approximate surface area is 239 Å². The molecule has 216 valence electrons. The zero-order valence-electron chi connectivity index (χ0n) is 22.6. The Kier molecular flexibility index (Phi) is 6.44. The van der Waals surface area contributed by atoms with E-state index in [4.69, 9.17) is 9.26 Å². The summed E-state index contributed by atoms with van der Waals surface area (Å²) in [6.07, 6.45) is 4.35. The summed E-state index contributed by atoms with van der Waals surface area (Å²) in [6.45, 7) is 1.44. The van der Waals surface area contributed by atoms with E-state index < -0.39 is 17.7 Å². The van der Waals surface area contributed by atoms with Crippen molar-refractivity contribution in [1.82, 2.24) is 10.1 Å². The fraction of sp³-hybridized carbons (Fsp3) is 0.344. The first-order valence-corrected chi connectivity index (χ1v) is 14.2. The van der Waals surface area contributed by atoms with E-state index >= 15 is 0 Å². The number of hydrogen-bond donors (Lipinski definition) is 1. The van der Waals surface area contributed by atoms with Crippen molar-refractivity contribution in [3.8, 4) is 17.0 Å². The summed E-state index contributed by atoms with van der Waals surface area (Å²) in [6, 6.07) is 12.7. The van der Waals surface area contributed by atoms with Crippen LogP contribution in [0.2, 0.25) is 0 Å². The van der Waals surface area contributed by atoms with E-state index in [1.165, 1.54) is 18.2 Å². The van der Waals surface area contributed by atoms with Crippen LogP contribution in [0, 0.1) is 5.92 Å². The number of anilines is 1. The average molecular weight is 576 g/mol. The highest BCUT2D eigenvalue weighted by molar-refractivity contribution is 5.94. The number of fused-ring (bicyclic) bond motifs is 1. The number of alkyl halides is 3. The van der Waals surface area contributed by atoms with Crippen molar-refractivity contribution in [3.63, 3.8) is 0 Å². The average Bonchev–Trinajstić information content (AvgIpc) is 3.68. The van der Waals surface area contributed by atoms with Gasteiger partial charge < -0.3 is 19.3 Å². The summed E-state index contributed by atoms with van der Waals surface area (Å²) < 4.78 is 53.0. The summed E-state index contributed by atoms with van der Waals surface area (Å²) in [5.74, 6) is 0.459. The molecular weight excluding hydrogens is 547 g/mol. The number of aromatic nitrogens is 2. The Bertz CT molecular complexity index is 1700. The monoisotopic (exact) mass is 575 g/mol. The molecule has 0 bridgehead atoms. The molecule has 3 heterocycles. The predicted molar refractivity (Wildman–Crippen MR) is 151 cm³/mol. The van der Waals surface area contributed by atoms with Gasteiger partial charge in [-0.05, 0) is 56.4 Å². The summed E-state index contributed by atoms with van der Waals surface area (Å²) in [5, 5.41) is 14.4. The zero-order valence-corrected chi connectivity index (χ0v) is 22.6. The van der Waals surface area contributed by atoms with Crippen molar-refractivity contribution in [2.24, 2.45) is 5.92 Å². The minimum absolute atomic E-state index is 0.0197. The van der Waals surface area contributed by atoms with Gasteiger partial charge in [-0.2, -0.15) is 13.2 Å². The van der Waals surface area contributed by atoms with E-state index in [1.54, 1.807) is 6.07 Å². The highest BCUT2D eigenvalue weighted by Crippen LogP contribution is 2.46. The summed E-state index contributed by atoms with van der Waals surface area (Å²) in [5.41, 5.74) is 1.62. The maximum absolute atomic E-state index is 13.8. The van der Waals surface area contributed by atoms with Crippen LogP contribution < -0.4 is 9.64 Å². The molecule has 42 heavy (non-hydrogen) atoms. The molecule has 2 aromatic heterocycles. The lowest BCUT2D eigenvalue weighted by Crippen LogP contribution is -2.45. The molecule has 3 fully saturated rings. The number of aromatic carboxylic acids is 1. The van der Waals surface area contributed by atoms with Crippen LogP contribution in [0.4, 0.5) is 18.9 Å². The maximum Gasteiger partial charge on any atom is 0.417 e. The van der Waals surface area contributed by atoms with Gasteiger partial charge in [0, 0.05) is 53.2 Å². The maximum atomic E-state index is 13.8. The molecule has 2 saturated carbocycles. The second kappa shape index (κ2) is 10.2. The van der Waals surface area contributed by atoms with Gasteiger partial charge in [-0.1, -0.05) is 35.5 Å². The van der Waals surface area contributed by atoms with Gasteiger partial charge in [0.15, 0.2) is 5.69 Å². The highest BCUT2D eigenvalue weighted by atomic mass is 19.4. The molecule has 4 aromatic rings. The van der Waals surface area contributed by atoms with Gasteiger partial charge in [0.2, 0.25) is 0 Å². The lowest BCUT2D eigenvalue weighted by molar-refractivity contribution is -0.137. The molecule has 7 nitrogen and oxygen atoms in total. The molecule has 2 aliphatic carbocycles. The molecule has 0 spiro atoms. The van der Waals surface area contributed by atoms with Gasteiger partial charge in [-0.25, -0.2) is 9.78 Å². The third kappa shape index (κ3) is 4.99. The number of benzene rings is 2. The van der Waals surface area contributed by atoms with Crippen molar-refractivity contribution in [2.75, 3.05) is 18.0 Å². The number of halogens is 3. The number of pyridine rings is 1. The number of carbonyl (C=O) groups is 1. The van der Waals surface area contributed by atoms with Crippen LogP contribution in [-0.4, -0.2) is 40.4 Å². The number of nitrogens with zero attached hydrogens (tertiary/aromatic N) is 3. The number of hydrogen-bond acceptors (Lipinski definition) is 6. The number of carboxylic acid groups (broad SMARTS) is 1. The van der Waals surface area contributed by atoms with Crippen molar-refractivity contribution >= 4 is 28.6 Å². The molecule has 10 heteroatoms. The molecule has 1 saturated heterocycles. The van der Waals surface area contributed by atoms with Crippen molar-refractivity contribution in [3.05, 3.63) is 77.2 Å². The van der Waals surface area contributed by atoms with Crippen molar-refractivity contribution in [2.45, 2.75) is 50.3 Å². The second-order valence-electron chi connectivity index (χ2n) is 11.3. The zero-order chi connectivity index (χ0) is 29.0. The Morgan fingerprint density at radius 3 is 2.55 bits per heavy atom. The van der Waals surface area contributed by atoms with Crippen LogP contribution in [0.1, 0.15) is 65.4 Å². The molecule has 7 rings (SSSR count). The van der Waals surface area contributed by atoms with Crippen molar-refractivity contribution in [1.29, 1.82) is 0 Å². The Morgan fingerprint density at radius 1 is 1.07 bits per heavy atom. The van der Waals surface area contributed by atoms with Crippen LogP contribution in [0.25, 0.3) is 28.2 Å². The SMILES string of the molecule is O=C(O)c1cc(OC2CCC2)c2cc(N3CC(C=Cc4c(-c5ccccc5C(F)(F)F)noc4C4CC4)C3)ccc2n1. The Morgan fingerprint density at radius 2 is 1.86 bits per heavy atom. The molecule has 0 radical (unpaired) electrons. The van der Waals surface area contributed by atoms with E-state index in [9.17, 15) is 23.1 Å². The van der Waals surface area contributed by atoms with Gasteiger partial charge >= 0.3 is 12.1 Å². The third-order valence-electron chi connectivity index (χ3n) is 8.32. The molecule has 0 atom stereocenters. The smallest absolute Gasteiger partial charge is 0.417 e. The fourth-order valence-corrected chi connectivity index (χ4v) is 5.57. The second-order valence-corrected chi connectivity index (χ2v) is 11.3. The largest absolute Gasteiger partial charge is 0.490 e. The Balaban J connectivity index is 1.12. The third-order valence-corrected chi connectivity index (χ3v) is 8.32. The normalized spacial score (nSPS) is 17.9. The van der Waals surface area contributed by atoms with Gasteiger partial charge in [-0.15, -0.1) is 0 Å². The molecule has 0 unspecified atom stereocenters. The predicted octanol–water partition coefficient (Wildman–Crippen LogP) is 7.57. The minimum atomic E-state index is -4.50. The van der Waals surface area contributed by atoms with Gasteiger partial charge in [0.25, 0.3) is 0 Å². The van der Waals surface area contributed by atoms with E-state index in [-0.39, 0.29) is 34.9 Å². The van der Waals surface area contributed by atoms with E-state index in [1.807, 2.05) is 30.4 Å². The number of ether oxygens (including phenoxy) is 1. The molecule has 0 amide bonds.